The van der Waals surface area contributed by atoms with E-state index in [1.54, 1.807) is 18.3 Å². The van der Waals surface area contributed by atoms with Crippen LogP contribution in [0.25, 0.3) is 0 Å². The molecule has 2 aromatic heterocycles. The van der Waals surface area contributed by atoms with Crippen molar-refractivity contribution in [1.29, 1.82) is 0 Å². The maximum Gasteiger partial charge on any atom is 0.267 e. The van der Waals surface area contributed by atoms with Gasteiger partial charge in [0.15, 0.2) is 10.9 Å². The van der Waals surface area contributed by atoms with Crippen molar-refractivity contribution in [2.75, 3.05) is 5.32 Å². The Balaban J connectivity index is 1.67. The van der Waals surface area contributed by atoms with Gasteiger partial charge in [-0.2, -0.15) is 0 Å². The third kappa shape index (κ3) is 4.34. The van der Waals surface area contributed by atoms with E-state index in [1.165, 1.54) is 29.6 Å². The number of nitrogens with one attached hydrogen (secondary N) is 1. The van der Waals surface area contributed by atoms with Crippen LogP contribution in [0.2, 0.25) is 5.02 Å². The minimum atomic E-state index is -0.253. The highest BCUT2D eigenvalue weighted by Crippen LogP contribution is 2.25. The molecule has 0 fully saturated rings. The normalized spacial score (nSPS) is 10.7. The molecule has 7 heteroatoms. The SMILES string of the molecule is CC(=O)c1ccc(C(=O)Nc2ncc(Cc3ccc(C)c(Cl)c3)s2)s1. The molecular weight excluding hydrogens is 376 g/mol. The van der Waals surface area contributed by atoms with E-state index in [2.05, 4.69) is 10.3 Å². The van der Waals surface area contributed by atoms with E-state index in [-0.39, 0.29) is 11.7 Å². The van der Waals surface area contributed by atoms with Gasteiger partial charge in [-0.3, -0.25) is 14.9 Å². The molecule has 1 aromatic carbocycles. The lowest BCUT2D eigenvalue weighted by molar-refractivity contribution is 0.101. The van der Waals surface area contributed by atoms with Crippen LogP contribution in [-0.4, -0.2) is 16.7 Å². The number of hydrogen-bond donors (Lipinski definition) is 1. The second-order valence-corrected chi connectivity index (χ2v) is 8.17. The van der Waals surface area contributed by atoms with Gasteiger partial charge < -0.3 is 0 Å². The van der Waals surface area contributed by atoms with Crippen LogP contribution >= 0.6 is 34.3 Å². The molecule has 0 atom stereocenters. The summed E-state index contributed by atoms with van der Waals surface area (Å²) in [6.07, 6.45) is 2.46. The lowest BCUT2D eigenvalue weighted by atomic mass is 10.1. The predicted molar refractivity (Wildman–Crippen MR) is 103 cm³/mol. The predicted octanol–water partition coefficient (Wildman–Crippen LogP) is 5.21. The number of amides is 1. The van der Waals surface area contributed by atoms with Gasteiger partial charge in [-0.15, -0.1) is 22.7 Å². The van der Waals surface area contributed by atoms with Crippen LogP contribution in [0.1, 0.15) is 42.3 Å². The first-order valence-corrected chi connectivity index (χ1v) is 9.55. The Labute approximate surface area is 158 Å². The molecule has 1 N–H and O–H groups in total. The fourth-order valence-corrected chi connectivity index (χ4v) is 4.04. The average Bonchev–Trinajstić information content (AvgIpc) is 3.20. The van der Waals surface area contributed by atoms with Crippen LogP contribution in [0.3, 0.4) is 0 Å². The van der Waals surface area contributed by atoms with Crippen LogP contribution in [-0.2, 0) is 6.42 Å². The van der Waals surface area contributed by atoms with E-state index >= 15 is 0 Å². The maximum atomic E-state index is 12.2. The van der Waals surface area contributed by atoms with E-state index in [9.17, 15) is 9.59 Å². The van der Waals surface area contributed by atoms with E-state index < -0.39 is 0 Å². The van der Waals surface area contributed by atoms with Gasteiger partial charge in [0, 0.05) is 22.5 Å². The molecule has 1 amide bonds. The largest absolute Gasteiger partial charge is 0.297 e. The highest BCUT2D eigenvalue weighted by molar-refractivity contribution is 7.17. The zero-order chi connectivity index (χ0) is 18.0. The highest BCUT2D eigenvalue weighted by atomic mass is 35.5. The van der Waals surface area contributed by atoms with Crippen LogP contribution in [0.15, 0.2) is 36.5 Å². The molecule has 0 radical (unpaired) electrons. The number of aryl methyl sites for hydroxylation is 1. The average molecular weight is 391 g/mol. The molecule has 0 saturated carbocycles. The monoisotopic (exact) mass is 390 g/mol. The summed E-state index contributed by atoms with van der Waals surface area (Å²) in [5, 5.41) is 4.06. The van der Waals surface area contributed by atoms with Crippen molar-refractivity contribution in [3.05, 3.63) is 67.3 Å². The third-order valence-corrected chi connectivity index (χ3v) is 6.07. The Morgan fingerprint density at radius 2 is 1.92 bits per heavy atom. The van der Waals surface area contributed by atoms with Crippen LogP contribution in [0.4, 0.5) is 5.13 Å². The van der Waals surface area contributed by atoms with E-state index in [0.29, 0.717) is 21.3 Å². The fraction of sp³-hybridized carbons (Fsp3) is 0.167. The molecule has 25 heavy (non-hydrogen) atoms. The van der Waals surface area contributed by atoms with Crippen molar-refractivity contribution in [3.8, 4) is 0 Å². The number of ketones is 1. The van der Waals surface area contributed by atoms with E-state index in [0.717, 1.165) is 21.0 Å². The number of hydrogen-bond acceptors (Lipinski definition) is 5. The molecule has 0 bridgehead atoms. The van der Waals surface area contributed by atoms with Crippen molar-refractivity contribution in [3.63, 3.8) is 0 Å². The Morgan fingerprint density at radius 3 is 2.60 bits per heavy atom. The number of anilines is 1. The van der Waals surface area contributed by atoms with Gasteiger partial charge in [0.05, 0.1) is 9.75 Å². The number of nitrogens with zero attached hydrogens (tertiary/aromatic N) is 1. The van der Waals surface area contributed by atoms with Crippen LogP contribution < -0.4 is 5.32 Å². The standard InChI is InChI=1S/C18H15ClN2O2S2/c1-10-3-4-12(8-14(10)19)7-13-9-20-18(24-13)21-17(23)16-6-5-15(25-16)11(2)22/h3-6,8-9H,7H2,1-2H3,(H,20,21,23). The Bertz CT molecular complexity index is 946. The van der Waals surface area contributed by atoms with Crippen LogP contribution in [0, 0.1) is 6.92 Å². The van der Waals surface area contributed by atoms with Gasteiger partial charge in [0.1, 0.15) is 0 Å². The molecule has 0 saturated heterocycles. The topological polar surface area (TPSA) is 59.1 Å². The summed E-state index contributed by atoms with van der Waals surface area (Å²) in [4.78, 5) is 29.9. The molecule has 2 heterocycles. The first kappa shape index (κ1) is 17.8. The van der Waals surface area contributed by atoms with Crippen molar-refractivity contribution < 1.29 is 9.59 Å². The lowest BCUT2D eigenvalue weighted by Gasteiger charge is -2.02. The number of aromatic nitrogens is 1. The minimum Gasteiger partial charge on any atom is -0.297 e. The molecular formula is C18H15ClN2O2S2. The zero-order valence-corrected chi connectivity index (χ0v) is 16.0. The van der Waals surface area contributed by atoms with Gasteiger partial charge in [0.2, 0.25) is 0 Å². The molecule has 3 aromatic rings. The van der Waals surface area contributed by atoms with E-state index in [4.69, 9.17) is 11.6 Å². The summed E-state index contributed by atoms with van der Waals surface area (Å²) in [5.41, 5.74) is 2.14. The summed E-state index contributed by atoms with van der Waals surface area (Å²) >= 11 is 8.76. The quantitative estimate of drug-likeness (QED) is 0.608. The zero-order valence-electron chi connectivity index (χ0n) is 13.6. The summed E-state index contributed by atoms with van der Waals surface area (Å²) in [7, 11) is 0. The molecule has 0 aliphatic heterocycles. The molecule has 0 spiro atoms. The number of rotatable bonds is 5. The Morgan fingerprint density at radius 1 is 1.16 bits per heavy atom. The second kappa shape index (κ2) is 7.47. The number of thiazole rings is 1. The number of benzene rings is 1. The van der Waals surface area contributed by atoms with Crippen molar-refractivity contribution >= 4 is 51.1 Å². The number of thiophene rings is 1. The maximum absolute atomic E-state index is 12.2. The molecule has 3 rings (SSSR count). The minimum absolute atomic E-state index is 0.0441. The third-order valence-electron chi connectivity index (χ3n) is 3.57. The van der Waals surface area contributed by atoms with Gasteiger partial charge in [-0.1, -0.05) is 23.7 Å². The molecule has 128 valence electrons. The summed E-state index contributed by atoms with van der Waals surface area (Å²) in [6.45, 7) is 3.45. The highest BCUT2D eigenvalue weighted by Gasteiger charge is 2.13. The van der Waals surface area contributed by atoms with Crippen molar-refractivity contribution in [1.82, 2.24) is 4.98 Å². The van der Waals surface area contributed by atoms with Gasteiger partial charge in [-0.05, 0) is 43.2 Å². The number of Topliss-reactive ketones (excluding diaryl/α,β-unsaturated/α-hetero) is 1. The van der Waals surface area contributed by atoms with Gasteiger partial charge in [-0.25, -0.2) is 4.98 Å². The lowest BCUT2D eigenvalue weighted by Crippen LogP contribution is -2.09. The Hall–Kier alpha value is -2.02. The summed E-state index contributed by atoms with van der Waals surface area (Å²) in [6, 6.07) is 9.29. The van der Waals surface area contributed by atoms with Gasteiger partial charge >= 0.3 is 0 Å². The first-order valence-electron chi connectivity index (χ1n) is 7.54. The number of halogens is 1. The van der Waals surface area contributed by atoms with E-state index in [1.807, 2.05) is 25.1 Å². The number of carbonyl (C=O) groups excluding carboxylic acids is 2. The second-order valence-electron chi connectivity index (χ2n) is 5.57. The fourth-order valence-electron chi connectivity index (χ4n) is 2.20. The van der Waals surface area contributed by atoms with Crippen LogP contribution in [0.5, 0.6) is 0 Å². The van der Waals surface area contributed by atoms with Gasteiger partial charge in [0.25, 0.3) is 5.91 Å². The molecule has 0 unspecified atom stereocenters. The first-order chi connectivity index (χ1) is 11.9. The smallest absolute Gasteiger partial charge is 0.267 e. The number of carbonyl (C=O) groups is 2. The molecule has 0 aliphatic rings. The van der Waals surface area contributed by atoms with Crippen molar-refractivity contribution in [2.45, 2.75) is 20.3 Å². The molecule has 0 aliphatic carbocycles. The van der Waals surface area contributed by atoms with Crippen molar-refractivity contribution in [2.24, 2.45) is 0 Å². The molecule has 4 nitrogen and oxygen atoms in total. The summed E-state index contributed by atoms with van der Waals surface area (Å²) < 4.78 is 0. The summed E-state index contributed by atoms with van der Waals surface area (Å²) in [5.74, 6) is -0.297. The Kier molecular flexibility index (Phi) is 5.32.